The molecule has 0 unspecified atom stereocenters. The molecule has 0 saturated carbocycles. The van der Waals surface area contributed by atoms with Gasteiger partial charge in [-0.1, -0.05) is 13.8 Å². The first-order valence-corrected chi connectivity index (χ1v) is 5.21. The third kappa shape index (κ3) is 7.42. The van der Waals surface area contributed by atoms with Crippen molar-refractivity contribution in [1.29, 1.82) is 0 Å². The van der Waals surface area contributed by atoms with Crippen LogP contribution in [0.1, 0.15) is 26.7 Å². The van der Waals surface area contributed by atoms with Crippen molar-refractivity contribution in [2.45, 2.75) is 26.7 Å². The second kappa shape index (κ2) is 8.41. The van der Waals surface area contributed by atoms with Crippen LogP contribution in [0.4, 0.5) is 0 Å². The molecule has 0 aromatic rings. The van der Waals surface area contributed by atoms with E-state index in [-0.39, 0.29) is 0 Å². The Morgan fingerprint density at radius 3 is 1.83 bits per heavy atom. The van der Waals surface area contributed by atoms with Gasteiger partial charge in [-0.2, -0.15) is 0 Å². The molecule has 0 fully saturated rings. The highest BCUT2D eigenvalue weighted by Crippen LogP contribution is 2.24. The van der Waals surface area contributed by atoms with Gasteiger partial charge < -0.3 is 9.05 Å². The molecule has 0 amide bonds. The zero-order valence-corrected chi connectivity index (χ0v) is 8.45. The lowest BCUT2D eigenvalue weighted by molar-refractivity contribution is 0.354. The van der Waals surface area contributed by atoms with Gasteiger partial charge in [0, 0.05) is 0 Å². The van der Waals surface area contributed by atoms with E-state index in [2.05, 4.69) is 0 Å². The molecule has 0 atom stereocenters. The Hall–Kier alpha value is -0.690. The molecule has 12 heavy (non-hydrogen) atoms. The molecule has 0 saturated heterocycles. The lowest BCUT2D eigenvalue weighted by atomic mass is 10.5. The van der Waals surface area contributed by atoms with Crippen LogP contribution < -0.4 is 0 Å². The van der Waals surface area contributed by atoms with Gasteiger partial charge in [-0.15, -0.1) is 0 Å². The predicted molar refractivity (Wildman–Crippen MR) is 50.0 cm³/mol. The van der Waals surface area contributed by atoms with Crippen LogP contribution in [0.5, 0.6) is 0 Å². The van der Waals surface area contributed by atoms with E-state index in [1.165, 1.54) is 12.5 Å². The molecule has 0 spiro atoms. The largest absolute Gasteiger partial charge is 0.426 e. The average Bonchev–Trinajstić information content (AvgIpc) is 2.06. The Labute approximate surface area is 74.0 Å². The Morgan fingerprint density at radius 2 is 1.50 bits per heavy atom. The summed E-state index contributed by atoms with van der Waals surface area (Å²) in [6.45, 7) is 3.93. The lowest BCUT2D eigenvalue weighted by Gasteiger charge is -1.98. The average molecular weight is 190 g/mol. The summed E-state index contributed by atoms with van der Waals surface area (Å²) in [4.78, 5) is 0. The summed E-state index contributed by atoms with van der Waals surface area (Å²) in [6, 6.07) is 0. The first-order valence-electron chi connectivity index (χ1n) is 3.98. The van der Waals surface area contributed by atoms with Crippen molar-refractivity contribution in [3.63, 3.8) is 0 Å². The minimum atomic E-state index is -2.36. The molecular formula is C8H15O3P. The van der Waals surface area contributed by atoms with E-state index < -0.39 is 8.25 Å². The molecule has 3 nitrogen and oxygen atoms in total. The van der Waals surface area contributed by atoms with E-state index in [0.717, 1.165) is 12.8 Å². The van der Waals surface area contributed by atoms with Crippen LogP contribution in [-0.4, -0.2) is 0 Å². The number of hydrogen-bond donors (Lipinski definition) is 0. The van der Waals surface area contributed by atoms with E-state index in [0.29, 0.717) is 0 Å². The van der Waals surface area contributed by atoms with E-state index in [4.69, 9.17) is 9.05 Å². The monoisotopic (exact) mass is 190 g/mol. The van der Waals surface area contributed by atoms with Crippen molar-refractivity contribution in [2.24, 2.45) is 0 Å². The summed E-state index contributed by atoms with van der Waals surface area (Å²) >= 11 is 0. The molecule has 0 aliphatic rings. The summed E-state index contributed by atoms with van der Waals surface area (Å²) in [7, 11) is -2.36. The molecule has 0 aliphatic carbocycles. The normalized spacial score (nSPS) is 11.6. The Morgan fingerprint density at radius 1 is 1.08 bits per heavy atom. The second-order valence-corrected chi connectivity index (χ2v) is 3.02. The minimum Gasteiger partial charge on any atom is -0.426 e. The van der Waals surface area contributed by atoms with Gasteiger partial charge in [0.1, 0.15) is 0 Å². The molecule has 0 aromatic carbocycles. The van der Waals surface area contributed by atoms with Crippen molar-refractivity contribution in [2.75, 3.05) is 0 Å². The maximum atomic E-state index is 10.8. The van der Waals surface area contributed by atoms with Crippen LogP contribution in [0.2, 0.25) is 0 Å². The van der Waals surface area contributed by atoms with Crippen LogP contribution in [0.25, 0.3) is 0 Å². The lowest BCUT2D eigenvalue weighted by Crippen LogP contribution is -1.69. The zero-order chi connectivity index (χ0) is 9.23. The third-order valence-electron chi connectivity index (χ3n) is 0.992. The van der Waals surface area contributed by atoms with Crippen LogP contribution in [0.3, 0.4) is 0 Å². The second-order valence-electron chi connectivity index (χ2n) is 2.05. The van der Waals surface area contributed by atoms with Crippen LogP contribution in [0.15, 0.2) is 24.7 Å². The molecule has 70 valence electrons. The maximum Gasteiger partial charge on any atom is 0.417 e. The smallest absolute Gasteiger partial charge is 0.417 e. The van der Waals surface area contributed by atoms with E-state index in [1.54, 1.807) is 12.2 Å². The Kier molecular flexibility index (Phi) is 7.92. The fourth-order valence-corrected chi connectivity index (χ4v) is 0.898. The Balaban J connectivity index is 3.46. The third-order valence-corrected chi connectivity index (χ3v) is 1.65. The van der Waals surface area contributed by atoms with E-state index in [9.17, 15) is 4.57 Å². The van der Waals surface area contributed by atoms with Gasteiger partial charge in [0.2, 0.25) is 0 Å². The molecule has 0 heterocycles. The summed E-state index contributed by atoms with van der Waals surface area (Å²) in [5.41, 5.74) is 0. The fraction of sp³-hybridized carbons (Fsp3) is 0.500. The quantitative estimate of drug-likeness (QED) is 0.476. The van der Waals surface area contributed by atoms with Gasteiger partial charge in [0.05, 0.1) is 12.5 Å². The van der Waals surface area contributed by atoms with Crippen LogP contribution in [-0.2, 0) is 13.6 Å². The molecule has 0 radical (unpaired) electrons. The minimum absolute atomic E-state index is 0.861. The molecule has 4 heteroatoms. The van der Waals surface area contributed by atoms with E-state index in [1.807, 2.05) is 13.8 Å². The summed E-state index contributed by atoms with van der Waals surface area (Å²) in [5.74, 6) is 0. The fourth-order valence-electron chi connectivity index (χ4n) is 0.428. The summed E-state index contributed by atoms with van der Waals surface area (Å²) in [6.07, 6.45) is 8.08. The molecule has 0 bridgehead atoms. The van der Waals surface area contributed by atoms with Gasteiger partial charge in [0.15, 0.2) is 0 Å². The molecule has 0 aromatic heterocycles. The molecule has 0 aliphatic heterocycles. The predicted octanol–water partition coefficient (Wildman–Crippen LogP) is 3.26. The topological polar surface area (TPSA) is 35.5 Å². The summed E-state index contributed by atoms with van der Waals surface area (Å²) in [5, 5.41) is 0. The number of hydrogen-bond acceptors (Lipinski definition) is 3. The SMILES string of the molecule is CC/C=C/O[PH](=O)O/C=C/CC. The highest BCUT2D eigenvalue weighted by Gasteiger charge is 1.90. The zero-order valence-electron chi connectivity index (χ0n) is 7.45. The van der Waals surface area contributed by atoms with Gasteiger partial charge in [0.25, 0.3) is 0 Å². The highest BCUT2D eigenvalue weighted by molar-refractivity contribution is 7.33. The number of rotatable bonds is 6. The maximum absolute atomic E-state index is 10.8. The van der Waals surface area contributed by atoms with Crippen LogP contribution in [0, 0.1) is 0 Å². The number of allylic oxidation sites excluding steroid dienone is 2. The van der Waals surface area contributed by atoms with Gasteiger partial charge in [-0.05, 0) is 25.0 Å². The van der Waals surface area contributed by atoms with E-state index >= 15 is 0 Å². The standard InChI is InChI=1S/C8H15O3P/c1-3-5-7-10-12(9)11-8-6-4-2/h5-8,12H,3-4H2,1-2H3/b7-5+,8-6+. The van der Waals surface area contributed by atoms with Crippen molar-refractivity contribution >= 4 is 8.25 Å². The molecule has 0 rings (SSSR count). The van der Waals surface area contributed by atoms with Crippen molar-refractivity contribution in [3.8, 4) is 0 Å². The van der Waals surface area contributed by atoms with Gasteiger partial charge in [-0.25, -0.2) is 4.57 Å². The van der Waals surface area contributed by atoms with Gasteiger partial charge >= 0.3 is 8.25 Å². The first-order chi connectivity index (χ1) is 5.81. The molecular weight excluding hydrogens is 175 g/mol. The summed E-state index contributed by atoms with van der Waals surface area (Å²) < 4.78 is 20.3. The molecule has 0 N–H and O–H groups in total. The first kappa shape index (κ1) is 11.3. The highest BCUT2D eigenvalue weighted by atomic mass is 31.1. The Bertz CT molecular complexity index is 157. The van der Waals surface area contributed by atoms with Crippen molar-refractivity contribution in [3.05, 3.63) is 24.7 Å². The van der Waals surface area contributed by atoms with Crippen molar-refractivity contribution < 1.29 is 13.6 Å². The van der Waals surface area contributed by atoms with Crippen LogP contribution >= 0.6 is 8.25 Å². The van der Waals surface area contributed by atoms with Gasteiger partial charge in [-0.3, -0.25) is 0 Å². The van der Waals surface area contributed by atoms with Crippen molar-refractivity contribution in [1.82, 2.24) is 0 Å².